The predicted octanol–water partition coefficient (Wildman–Crippen LogP) is 2.44. The normalized spacial score (nSPS) is 15.6. The standard InChI is InChI=1S/C22H24N4O4S/c1-29-18-7-3-16(4-8-18)21-23-20(30-24-21)15-25-11-13-26(14-12-25)22(27)17-5-9-19(10-6-17)31(2)28/h3-10H,11-15H2,1-2H3. The van der Waals surface area contributed by atoms with Gasteiger partial charge in [-0.3, -0.25) is 13.9 Å². The lowest BCUT2D eigenvalue weighted by Crippen LogP contribution is -2.48. The zero-order chi connectivity index (χ0) is 21.8. The van der Waals surface area contributed by atoms with E-state index in [4.69, 9.17) is 9.26 Å². The summed E-state index contributed by atoms with van der Waals surface area (Å²) in [5, 5.41) is 4.07. The number of methoxy groups -OCH3 is 1. The van der Waals surface area contributed by atoms with Crippen molar-refractivity contribution >= 4 is 16.7 Å². The number of nitrogens with zero attached hydrogens (tertiary/aromatic N) is 4. The van der Waals surface area contributed by atoms with Gasteiger partial charge in [-0.15, -0.1) is 0 Å². The van der Waals surface area contributed by atoms with Crippen molar-refractivity contribution in [2.24, 2.45) is 0 Å². The van der Waals surface area contributed by atoms with E-state index >= 15 is 0 Å². The van der Waals surface area contributed by atoms with E-state index < -0.39 is 10.8 Å². The van der Waals surface area contributed by atoms with Crippen molar-refractivity contribution in [3.63, 3.8) is 0 Å². The average molecular weight is 441 g/mol. The first-order chi connectivity index (χ1) is 15.0. The van der Waals surface area contributed by atoms with Gasteiger partial charge in [0.25, 0.3) is 5.91 Å². The lowest BCUT2D eigenvalue weighted by atomic mass is 10.2. The van der Waals surface area contributed by atoms with Gasteiger partial charge < -0.3 is 14.2 Å². The molecular formula is C22H24N4O4S. The van der Waals surface area contributed by atoms with Crippen LogP contribution in [0.3, 0.4) is 0 Å². The summed E-state index contributed by atoms with van der Waals surface area (Å²) in [6.07, 6.45) is 1.62. The third-order valence-corrected chi connectivity index (χ3v) is 6.20. The smallest absolute Gasteiger partial charge is 0.253 e. The molecule has 162 valence electrons. The van der Waals surface area contributed by atoms with Crippen molar-refractivity contribution in [2.45, 2.75) is 11.4 Å². The number of hydrogen-bond donors (Lipinski definition) is 0. The number of amides is 1. The maximum atomic E-state index is 12.7. The molecule has 3 aromatic rings. The number of ether oxygens (including phenoxy) is 1. The minimum atomic E-state index is -1.05. The molecule has 0 saturated carbocycles. The van der Waals surface area contributed by atoms with E-state index in [0.717, 1.165) is 29.3 Å². The molecule has 2 heterocycles. The van der Waals surface area contributed by atoms with E-state index in [9.17, 15) is 9.00 Å². The topological polar surface area (TPSA) is 88.8 Å². The van der Waals surface area contributed by atoms with Crippen molar-refractivity contribution in [1.82, 2.24) is 19.9 Å². The van der Waals surface area contributed by atoms with Gasteiger partial charge in [-0.25, -0.2) is 0 Å². The Bertz CT molecular complexity index is 1060. The molecule has 8 nitrogen and oxygen atoms in total. The Labute approximate surface area is 183 Å². The summed E-state index contributed by atoms with van der Waals surface area (Å²) in [6.45, 7) is 3.24. The van der Waals surface area contributed by atoms with E-state index in [-0.39, 0.29) is 5.91 Å². The Kier molecular flexibility index (Phi) is 6.43. The lowest BCUT2D eigenvalue weighted by molar-refractivity contribution is 0.0615. The summed E-state index contributed by atoms with van der Waals surface area (Å²) >= 11 is 0. The zero-order valence-electron chi connectivity index (χ0n) is 17.5. The number of rotatable bonds is 6. The fourth-order valence-electron chi connectivity index (χ4n) is 3.45. The molecule has 1 amide bonds. The van der Waals surface area contributed by atoms with Crippen LogP contribution in [0.5, 0.6) is 5.75 Å². The van der Waals surface area contributed by atoms with Crippen LogP contribution in [0.1, 0.15) is 16.2 Å². The summed E-state index contributed by atoms with van der Waals surface area (Å²) < 4.78 is 22.1. The molecule has 1 atom stereocenters. The van der Waals surface area contributed by atoms with Crippen LogP contribution in [0.2, 0.25) is 0 Å². The van der Waals surface area contributed by atoms with Gasteiger partial charge in [0.1, 0.15) is 5.75 Å². The number of hydrogen-bond acceptors (Lipinski definition) is 7. The fraction of sp³-hybridized carbons (Fsp3) is 0.318. The summed E-state index contributed by atoms with van der Waals surface area (Å²) in [4.78, 5) is 22.0. The van der Waals surface area contributed by atoms with E-state index in [1.54, 1.807) is 37.6 Å². The highest BCUT2D eigenvalue weighted by atomic mass is 32.2. The first-order valence-electron chi connectivity index (χ1n) is 9.95. The summed E-state index contributed by atoms with van der Waals surface area (Å²) in [6, 6.07) is 14.5. The monoisotopic (exact) mass is 440 g/mol. The molecule has 0 radical (unpaired) electrons. The SMILES string of the molecule is COc1ccc(-c2noc(CN3CCN(C(=O)c4ccc(S(C)=O)cc4)CC3)n2)cc1. The van der Waals surface area contributed by atoms with Crippen LogP contribution in [0.4, 0.5) is 0 Å². The molecule has 31 heavy (non-hydrogen) atoms. The van der Waals surface area contributed by atoms with Crippen molar-refractivity contribution < 1.29 is 18.3 Å². The van der Waals surface area contributed by atoms with Gasteiger partial charge in [-0.2, -0.15) is 4.98 Å². The van der Waals surface area contributed by atoms with Gasteiger partial charge in [0, 0.05) is 59.3 Å². The minimum Gasteiger partial charge on any atom is -0.497 e. The van der Waals surface area contributed by atoms with Gasteiger partial charge in [0.05, 0.1) is 13.7 Å². The second-order valence-corrected chi connectivity index (χ2v) is 8.67. The van der Waals surface area contributed by atoms with Crippen LogP contribution < -0.4 is 4.74 Å². The molecule has 2 aromatic carbocycles. The van der Waals surface area contributed by atoms with Gasteiger partial charge in [0.2, 0.25) is 11.7 Å². The highest BCUT2D eigenvalue weighted by Gasteiger charge is 2.23. The van der Waals surface area contributed by atoms with Crippen LogP contribution in [0, 0.1) is 0 Å². The van der Waals surface area contributed by atoms with E-state index in [2.05, 4.69) is 15.0 Å². The molecule has 0 bridgehead atoms. The van der Waals surface area contributed by atoms with Gasteiger partial charge in [-0.05, 0) is 48.5 Å². The molecule has 1 fully saturated rings. The van der Waals surface area contributed by atoms with Gasteiger partial charge >= 0.3 is 0 Å². The molecule has 0 spiro atoms. The fourth-order valence-corrected chi connectivity index (χ4v) is 3.97. The van der Waals surface area contributed by atoms with Crippen LogP contribution in [-0.2, 0) is 17.3 Å². The summed E-state index contributed by atoms with van der Waals surface area (Å²) in [5.74, 6) is 1.86. The molecule has 1 unspecified atom stereocenters. The summed E-state index contributed by atoms with van der Waals surface area (Å²) in [7, 11) is 0.576. The molecule has 1 aliphatic rings. The van der Waals surface area contributed by atoms with E-state index in [0.29, 0.717) is 36.9 Å². The predicted molar refractivity (Wildman–Crippen MR) is 116 cm³/mol. The second-order valence-electron chi connectivity index (χ2n) is 7.29. The second kappa shape index (κ2) is 9.40. The number of piperazine rings is 1. The van der Waals surface area contributed by atoms with Gasteiger partial charge in [0.15, 0.2) is 0 Å². The molecular weight excluding hydrogens is 416 g/mol. The maximum Gasteiger partial charge on any atom is 0.253 e. The first-order valence-corrected chi connectivity index (χ1v) is 11.5. The van der Waals surface area contributed by atoms with Crippen molar-refractivity contribution in [3.05, 3.63) is 60.0 Å². The molecule has 0 N–H and O–H groups in total. The zero-order valence-corrected chi connectivity index (χ0v) is 18.3. The van der Waals surface area contributed by atoms with E-state index in [1.807, 2.05) is 29.2 Å². The third-order valence-electron chi connectivity index (χ3n) is 5.27. The largest absolute Gasteiger partial charge is 0.497 e. The van der Waals surface area contributed by atoms with E-state index in [1.165, 1.54) is 0 Å². The number of carbonyl (C=O) groups is 1. The Balaban J connectivity index is 1.31. The Morgan fingerprint density at radius 3 is 2.35 bits per heavy atom. The average Bonchev–Trinajstić information content (AvgIpc) is 3.27. The number of aromatic nitrogens is 2. The Morgan fingerprint density at radius 1 is 1.06 bits per heavy atom. The summed E-state index contributed by atoms with van der Waals surface area (Å²) in [5.41, 5.74) is 1.48. The Hall–Kier alpha value is -3.04. The molecule has 1 aromatic heterocycles. The van der Waals surface area contributed by atoms with Crippen molar-refractivity contribution in [2.75, 3.05) is 39.5 Å². The highest BCUT2D eigenvalue weighted by Crippen LogP contribution is 2.20. The highest BCUT2D eigenvalue weighted by molar-refractivity contribution is 7.84. The number of carbonyl (C=O) groups excluding carboxylic acids is 1. The lowest BCUT2D eigenvalue weighted by Gasteiger charge is -2.34. The van der Waals surface area contributed by atoms with Crippen LogP contribution in [-0.4, -0.2) is 69.6 Å². The van der Waals surface area contributed by atoms with Crippen LogP contribution >= 0.6 is 0 Å². The van der Waals surface area contributed by atoms with Crippen LogP contribution in [0.25, 0.3) is 11.4 Å². The molecule has 4 rings (SSSR count). The van der Waals surface area contributed by atoms with Gasteiger partial charge in [-0.1, -0.05) is 5.16 Å². The number of benzene rings is 2. The molecule has 9 heteroatoms. The third kappa shape index (κ3) is 5.00. The molecule has 1 saturated heterocycles. The van der Waals surface area contributed by atoms with Crippen molar-refractivity contribution in [1.29, 1.82) is 0 Å². The van der Waals surface area contributed by atoms with Crippen LogP contribution in [0.15, 0.2) is 57.9 Å². The first kappa shape index (κ1) is 21.2. The minimum absolute atomic E-state index is 0.00679. The van der Waals surface area contributed by atoms with Crippen molar-refractivity contribution in [3.8, 4) is 17.1 Å². The molecule has 1 aliphatic heterocycles. The molecule has 0 aliphatic carbocycles. The quantitative estimate of drug-likeness (QED) is 0.582. The Morgan fingerprint density at radius 2 is 1.74 bits per heavy atom. The maximum absolute atomic E-state index is 12.7.